The Morgan fingerprint density at radius 1 is 1.41 bits per heavy atom. The number of nitrogens with zero attached hydrogens (tertiary/aromatic N) is 1. The highest BCUT2D eigenvalue weighted by Gasteiger charge is 2.45. The van der Waals surface area contributed by atoms with Gasteiger partial charge in [0.25, 0.3) is 0 Å². The van der Waals surface area contributed by atoms with Crippen LogP contribution in [0.3, 0.4) is 0 Å². The Hall–Kier alpha value is -0.610. The van der Waals surface area contributed by atoms with Crippen molar-refractivity contribution in [3.8, 4) is 0 Å². The van der Waals surface area contributed by atoms with E-state index in [-0.39, 0.29) is 16.7 Å². The van der Waals surface area contributed by atoms with Crippen molar-refractivity contribution in [3.63, 3.8) is 0 Å². The van der Waals surface area contributed by atoms with Crippen LogP contribution in [0.15, 0.2) is 0 Å². The largest absolute Gasteiger partial charge is 0.369 e. The zero-order chi connectivity index (χ0) is 12.7. The molecule has 3 N–H and O–H groups in total. The Bertz CT molecular complexity index is 316. The summed E-state index contributed by atoms with van der Waals surface area (Å²) in [5.41, 5.74) is 5.47. The molecule has 0 aliphatic carbocycles. The lowest BCUT2D eigenvalue weighted by molar-refractivity contribution is -0.126. The molecule has 4 nitrogen and oxygen atoms in total. The van der Waals surface area contributed by atoms with Crippen molar-refractivity contribution in [2.45, 2.75) is 39.7 Å². The molecule has 2 fully saturated rings. The molecule has 0 bridgehead atoms. The highest BCUT2D eigenvalue weighted by Crippen LogP contribution is 2.37. The van der Waals surface area contributed by atoms with E-state index < -0.39 is 0 Å². The van der Waals surface area contributed by atoms with Crippen molar-refractivity contribution in [1.82, 2.24) is 10.2 Å². The van der Waals surface area contributed by atoms with E-state index in [4.69, 9.17) is 5.73 Å². The summed E-state index contributed by atoms with van der Waals surface area (Å²) in [5.74, 6) is -0.147. The summed E-state index contributed by atoms with van der Waals surface area (Å²) in [6.07, 6.45) is 2.07. The molecule has 2 unspecified atom stereocenters. The molecule has 2 aliphatic heterocycles. The maximum absolute atomic E-state index is 11.5. The van der Waals surface area contributed by atoms with Crippen LogP contribution in [0.25, 0.3) is 0 Å². The van der Waals surface area contributed by atoms with Crippen LogP contribution in [0.2, 0.25) is 0 Å². The van der Waals surface area contributed by atoms with E-state index >= 15 is 0 Å². The topological polar surface area (TPSA) is 58.4 Å². The minimum Gasteiger partial charge on any atom is -0.369 e. The molecule has 2 saturated heterocycles. The molecule has 0 aromatic rings. The van der Waals surface area contributed by atoms with Gasteiger partial charge in [-0.25, -0.2) is 0 Å². The van der Waals surface area contributed by atoms with Crippen LogP contribution in [0.1, 0.15) is 33.6 Å². The number of nitrogens with one attached hydrogen (secondary N) is 1. The van der Waals surface area contributed by atoms with Gasteiger partial charge in [-0.05, 0) is 38.3 Å². The highest BCUT2D eigenvalue weighted by molar-refractivity contribution is 5.81. The van der Waals surface area contributed by atoms with Gasteiger partial charge in [-0.2, -0.15) is 0 Å². The summed E-state index contributed by atoms with van der Waals surface area (Å²) >= 11 is 0. The Kier molecular flexibility index (Phi) is 3.21. The average Bonchev–Trinajstić information content (AvgIpc) is 2.61. The smallest absolute Gasteiger partial charge is 0.224 e. The van der Waals surface area contributed by atoms with Gasteiger partial charge in [0, 0.05) is 19.1 Å². The molecule has 1 amide bonds. The minimum atomic E-state index is -0.318. The maximum atomic E-state index is 11.5. The zero-order valence-electron chi connectivity index (χ0n) is 11.3. The molecule has 2 atom stereocenters. The van der Waals surface area contributed by atoms with E-state index in [1.54, 1.807) is 0 Å². The normalized spacial score (nSPS) is 38.2. The van der Waals surface area contributed by atoms with Gasteiger partial charge in [0.1, 0.15) is 0 Å². The van der Waals surface area contributed by atoms with Crippen molar-refractivity contribution in [2.75, 3.05) is 26.2 Å². The standard InChI is InChI=1S/C13H25N3O/c1-12(2)8-15-6-4-10(12)16-7-5-13(3,9-16)11(14)17/h10,15H,4-9H2,1-3H3,(H2,14,17). The average molecular weight is 239 g/mol. The molecule has 0 radical (unpaired) electrons. The second kappa shape index (κ2) is 4.25. The van der Waals surface area contributed by atoms with E-state index in [1.165, 1.54) is 6.42 Å². The predicted octanol–water partition coefficient (Wildman–Crippen LogP) is 0.572. The number of hydrogen-bond acceptors (Lipinski definition) is 3. The Morgan fingerprint density at radius 2 is 2.12 bits per heavy atom. The van der Waals surface area contributed by atoms with Crippen LogP contribution in [0.5, 0.6) is 0 Å². The van der Waals surface area contributed by atoms with Gasteiger partial charge < -0.3 is 11.1 Å². The fraction of sp³-hybridized carbons (Fsp3) is 0.923. The summed E-state index contributed by atoms with van der Waals surface area (Å²) in [6.45, 7) is 10.6. The molecular formula is C13H25N3O. The monoisotopic (exact) mass is 239 g/mol. The summed E-state index contributed by atoms with van der Waals surface area (Å²) in [5, 5.41) is 3.45. The summed E-state index contributed by atoms with van der Waals surface area (Å²) in [7, 11) is 0. The van der Waals surface area contributed by atoms with Gasteiger partial charge >= 0.3 is 0 Å². The summed E-state index contributed by atoms with van der Waals surface area (Å²) < 4.78 is 0. The minimum absolute atomic E-state index is 0.147. The predicted molar refractivity (Wildman–Crippen MR) is 68.5 cm³/mol. The Balaban J connectivity index is 2.07. The molecule has 0 spiro atoms. The van der Waals surface area contributed by atoms with Crippen molar-refractivity contribution in [3.05, 3.63) is 0 Å². The molecule has 2 heterocycles. The third-order valence-electron chi connectivity index (χ3n) is 4.62. The first-order valence-corrected chi connectivity index (χ1v) is 6.60. The van der Waals surface area contributed by atoms with E-state index in [2.05, 4.69) is 24.1 Å². The van der Waals surface area contributed by atoms with E-state index in [1.807, 2.05) is 6.92 Å². The first-order valence-electron chi connectivity index (χ1n) is 6.60. The third kappa shape index (κ3) is 2.33. The Morgan fingerprint density at radius 3 is 2.65 bits per heavy atom. The summed E-state index contributed by atoms with van der Waals surface area (Å²) in [6, 6.07) is 0.574. The van der Waals surface area contributed by atoms with Crippen molar-refractivity contribution < 1.29 is 4.79 Å². The lowest BCUT2D eigenvalue weighted by Gasteiger charge is -2.44. The molecule has 98 valence electrons. The lowest BCUT2D eigenvalue weighted by atomic mass is 9.79. The molecule has 0 saturated carbocycles. The fourth-order valence-corrected chi connectivity index (χ4v) is 3.30. The number of primary amides is 1. The van der Waals surface area contributed by atoms with Crippen LogP contribution < -0.4 is 11.1 Å². The van der Waals surface area contributed by atoms with Gasteiger partial charge in [0.2, 0.25) is 5.91 Å². The SMILES string of the molecule is CC1(C(N)=O)CCN(C2CCNCC2(C)C)C1. The first kappa shape index (κ1) is 12.8. The second-order valence-electron chi connectivity index (χ2n) is 6.62. The first-order chi connectivity index (χ1) is 7.85. The highest BCUT2D eigenvalue weighted by atomic mass is 16.1. The van der Waals surface area contributed by atoms with Crippen LogP contribution in [-0.2, 0) is 4.79 Å². The quantitative estimate of drug-likeness (QED) is 0.741. The van der Waals surface area contributed by atoms with E-state index in [0.29, 0.717) is 6.04 Å². The molecule has 4 heteroatoms. The number of amides is 1. The third-order valence-corrected chi connectivity index (χ3v) is 4.62. The van der Waals surface area contributed by atoms with Crippen LogP contribution >= 0.6 is 0 Å². The van der Waals surface area contributed by atoms with Gasteiger partial charge in [-0.15, -0.1) is 0 Å². The number of rotatable bonds is 2. The maximum Gasteiger partial charge on any atom is 0.224 e. The van der Waals surface area contributed by atoms with E-state index in [0.717, 1.165) is 32.6 Å². The van der Waals surface area contributed by atoms with Crippen LogP contribution in [0, 0.1) is 10.8 Å². The molecule has 17 heavy (non-hydrogen) atoms. The number of hydrogen-bond donors (Lipinski definition) is 2. The van der Waals surface area contributed by atoms with Crippen LogP contribution in [-0.4, -0.2) is 43.0 Å². The second-order valence-corrected chi connectivity index (χ2v) is 6.62. The van der Waals surface area contributed by atoms with Gasteiger partial charge in [-0.3, -0.25) is 9.69 Å². The zero-order valence-corrected chi connectivity index (χ0v) is 11.3. The van der Waals surface area contributed by atoms with Crippen molar-refractivity contribution in [1.29, 1.82) is 0 Å². The van der Waals surface area contributed by atoms with Crippen molar-refractivity contribution >= 4 is 5.91 Å². The molecule has 2 rings (SSSR count). The number of piperidine rings is 1. The number of carbonyl (C=O) groups is 1. The summed E-state index contributed by atoms with van der Waals surface area (Å²) in [4.78, 5) is 14.0. The molecule has 0 aromatic carbocycles. The van der Waals surface area contributed by atoms with Gasteiger partial charge in [0.15, 0.2) is 0 Å². The number of likely N-dealkylation sites (tertiary alicyclic amines) is 1. The van der Waals surface area contributed by atoms with Gasteiger partial charge in [0.05, 0.1) is 5.41 Å². The number of nitrogens with two attached hydrogens (primary N) is 1. The lowest BCUT2D eigenvalue weighted by Crippen LogP contribution is -2.54. The number of carbonyl (C=O) groups excluding carboxylic acids is 1. The molecule has 0 aromatic heterocycles. The van der Waals surface area contributed by atoms with Crippen molar-refractivity contribution in [2.24, 2.45) is 16.6 Å². The molecular weight excluding hydrogens is 214 g/mol. The fourth-order valence-electron chi connectivity index (χ4n) is 3.30. The Labute approximate surface area is 104 Å². The van der Waals surface area contributed by atoms with Crippen LogP contribution in [0.4, 0.5) is 0 Å². The molecule has 2 aliphatic rings. The van der Waals surface area contributed by atoms with E-state index in [9.17, 15) is 4.79 Å². The van der Waals surface area contributed by atoms with Gasteiger partial charge in [-0.1, -0.05) is 13.8 Å².